The first kappa shape index (κ1) is 41.5. The van der Waals surface area contributed by atoms with E-state index in [4.69, 9.17) is 10.5 Å². The molecule has 0 aliphatic rings. The highest BCUT2D eigenvalue weighted by molar-refractivity contribution is 8.14. The van der Waals surface area contributed by atoms with Crippen molar-refractivity contribution in [3.05, 3.63) is 89.0 Å². The van der Waals surface area contributed by atoms with E-state index in [-0.39, 0.29) is 29.1 Å². The van der Waals surface area contributed by atoms with Crippen LogP contribution in [-0.4, -0.2) is 76.9 Å². The number of aliphatic imine (C=N–C) groups is 3. The number of para-hydroxylation sites is 1. The van der Waals surface area contributed by atoms with Gasteiger partial charge < -0.3 is 30.9 Å². The fourth-order valence-corrected chi connectivity index (χ4v) is 4.73. The van der Waals surface area contributed by atoms with Gasteiger partial charge in [0.1, 0.15) is 29.6 Å². The quantitative estimate of drug-likeness (QED) is 0.0824. The highest BCUT2D eigenvalue weighted by Crippen LogP contribution is 2.26. The van der Waals surface area contributed by atoms with Gasteiger partial charge in [-0.2, -0.15) is 5.10 Å². The van der Waals surface area contributed by atoms with E-state index in [1.54, 1.807) is 45.0 Å². The van der Waals surface area contributed by atoms with Crippen molar-refractivity contribution in [1.82, 2.24) is 16.1 Å². The van der Waals surface area contributed by atoms with Gasteiger partial charge in [-0.15, -0.1) is 13.2 Å². The van der Waals surface area contributed by atoms with Gasteiger partial charge in [-0.05, 0) is 75.6 Å². The van der Waals surface area contributed by atoms with Gasteiger partial charge >= 0.3 is 18.4 Å². The highest BCUT2D eigenvalue weighted by Gasteiger charge is 2.31. The van der Waals surface area contributed by atoms with E-state index < -0.39 is 36.0 Å². The van der Waals surface area contributed by atoms with Crippen LogP contribution < -0.4 is 26.5 Å². The predicted molar refractivity (Wildman–Crippen MR) is 198 cm³/mol. The predicted octanol–water partition coefficient (Wildman–Crippen LogP) is 5.71. The number of alkyl halides is 3. The summed E-state index contributed by atoms with van der Waals surface area (Å²) in [6.45, 7) is 8.32. The Morgan fingerprint density at radius 1 is 0.981 bits per heavy atom. The van der Waals surface area contributed by atoms with E-state index in [9.17, 15) is 32.7 Å². The Bertz CT molecular complexity index is 1840. The summed E-state index contributed by atoms with van der Waals surface area (Å²) >= 11 is 1.03. The maximum atomic E-state index is 12.7. The number of ether oxygens (including phenoxy) is 2. The van der Waals surface area contributed by atoms with Crippen molar-refractivity contribution >= 4 is 64.7 Å². The summed E-state index contributed by atoms with van der Waals surface area (Å²) in [4.78, 5) is 49.2. The number of halogens is 3. The average molecular weight is 757 g/mol. The molecular weight excluding hydrogens is 717 g/mol. The summed E-state index contributed by atoms with van der Waals surface area (Å²) in [6.07, 6.45) is -3.02. The molecule has 6 N–H and O–H groups in total. The summed E-state index contributed by atoms with van der Waals surface area (Å²) < 4.78 is 45.9. The topological polar surface area (TPSA) is 201 Å². The molecule has 0 fully saturated rings. The number of hydrogen-bond donors (Lipinski definition) is 5. The summed E-state index contributed by atoms with van der Waals surface area (Å²) in [7, 11) is 0. The molecule has 3 aromatic carbocycles. The number of rotatable bonds is 13. The summed E-state index contributed by atoms with van der Waals surface area (Å²) in [5.41, 5.74) is 12.1. The van der Waals surface area contributed by atoms with Gasteiger partial charge in [0.2, 0.25) is 5.91 Å². The number of thioether (sulfide) groups is 1. The molecule has 3 aromatic rings. The summed E-state index contributed by atoms with van der Waals surface area (Å²) in [6, 6.07) is 16.1. The van der Waals surface area contributed by atoms with E-state index in [0.29, 0.717) is 22.5 Å². The number of nitrogens with two attached hydrogens (primary N) is 1. The van der Waals surface area contributed by atoms with Crippen molar-refractivity contribution < 1.29 is 42.1 Å². The standard InChI is InChI=1S/C35H39F3N8O6S/c1-21-7-6-8-22(2)29(21)45-32(53-19-28(47)40-18-27(31(48)49)44-33(50)52-34(3,4)5)46-43-17-23-9-11-24(12-10-23)30(39)42-20-41-25-13-15-26(16-14-25)51-35(36,37)38/h6-17,20,27H,18-19H2,1-5H3,(H,40,47)(H,44,50)(H,45,46)(H,48,49)(H2,39,41,42)/b43-17+. The first-order valence-electron chi connectivity index (χ1n) is 15.8. The number of hydrazone groups is 1. The molecule has 18 heteroatoms. The molecule has 53 heavy (non-hydrogen) atoms. The van der Waals surface area contributed by atoms with Gasteiger partial charge in [0, 0.05) is 12.1 Å². The smallest absolute Gasteiger partial charge is 0.480 e. The molecule has 3 rings (SSSR count). The number of hydrogen-bond acceptors (Lipinski definition) is 9. The lowest BCUT2D eigenvalue weighted by Crippen LogP contribution is -2.50. The zero-order valence-electron chi connectivity index (χ0n) is 29.4. The highest BCUT2D eigenvalue weighted by atomic mass is 32.2. The minimum atomic E-state index is -4.79. The largest absolute Gasteiger partial charge is 0.573 e. The third-order valence-corrected chi connectivity index (χ3v) is 7.40. The number of amidine groups is 2. The van der Waals surface area contributed by atoms with E-state index in [1.807, 2.05) is 32.0 Å². The lowest BCUT2D eigenvalue weighted by atomic mass is 10.1. The number of carboxylic acid groups (broad SMARTS) is 1. The fraction of sp³-hybridized carbons (Fsp3) is 0.286. The van der Waals surface area contributed by atoms with Gasteiger partial charge in [-0.1, -0.05) is 54.2 Å². The van der Waals surface area contributed by atoms with Crippen molar-refractivity contribution in [1.29, 1.82) is 0 Å². The number of benzene rings is 3. The lowest BCUT2D eigenvalue weighted by Gasteiger charge is -2.22. The van der Waals surface area contributed by atoms with Crippen LogP contribution in [0.2, 0.25) is 0 Å². The molecule has 0 saturated carbocycles. The number of carbonyl (C=O) groups is 3. The number of aliphatic carboxylic acids is 1. The van der Waals surface area contributed by atoms with E-state index >= 15 is 0 Å². The summed E-state index contributed by atoms with van der Waals surface area (Å²) in [5, 5.41) is 18.8. The minimum Gasteiger partial charge on any atom is -0.480 e. The molecule has 0 heterocycles. The van der Waals surface area contributed by atoms with Crippen LogP contribution in [0.5, 0.6) is 5.75 Å². The van der Waals surface area contributed by atoms with Crippen LogP contribution in [0.3, 0.4) is 0 Å². The molecule has 1 atom stereocenters. The Morgan fingerprint density at radius 2 is 1.62 bits per heavy atom. The van der Waals surface area contributed by atoms with Crippen molar-refractivity contribution in [2.75, 3.05) is 12.3 Å². The number of carboxylic acids is 1. The number of nitrogens with one attached hydrogen (secondary N) is 3. The monoisotopic (exact) mass is 756 g/mol. The van der Waals surface area contributed by atoms with Crippen LogP contribution in [0.15, 0.2) is 86.8 Å². The second-order valence-electron chi connectivity index (χ2n) is 12.1. The van der Waals surface area contributed by atoms with Crippen molar-refractivity contribution in [2.24, 2.45) is 25.8 Å². The molecule has 282 valence electrons. The number of alkyl carbamates (subject to hydrolysis) is 1. The number of carbonyl (C=O) groups excluding carboxylic acids is 2. The Hall–Kier alpha value is -5.91. The van der Waals surface area contributed by atoms with Crippen molar-refractivity contribution in [2.45, 2.75) is 52.6 Å². The molecular formula is C35H39F3N8O6S. The SMILES string of the molecule is Cc1cccc(C)c1N=C(N/N=C/c1ccc(C(N)=NC=Nc2ccc(OC(F)(F)F)cc2)cc1)SCC(=O)NCC(NC(=O)OC(C)(C)C)C(=O)O. The third-order valence-electron chi connectivity index (χ3n) is 6.54. The molecule has 0 aromatic heterocycles. The third kappa shape index (κ3) is 15.5. The van der Waals surface area contributed by atoms with Crippen LogP contribution in [0, 0.1) is 13.8 Å². The van der Waals surface area contributed by atoms with Crippen LogP contribution in [0.25, 0.3) is 0 Å². The van der Waals surface area contributed by atoms with E-state index in [2.05, 4.69) is 40.9 Å². The molecule has 0 radical (unpaired) electrons. The normalized spacial score (nSPS) is 13.1. The van der Waals surface area contributed by atoms with Crippen LogP contribution in [-0.2, 0) is 14.3 Å². The molecule has 0 spiro atoms. The van der Waals surface area contributed by atoms with Gasteiger partial charge in [0.05, 0.1) is 23.3 Å². The molecule has 0 bridgehead atoms. The minimum absolute atomic E-state index is 0.139. The zero-order valence-corrected chi connectivity index (χ0v) is 30.2. The molecule has 0 aliphatic carbocycles. The fourth-order valence-electron chi connectivity index (χ4n) is 4.09. The number of amides is 2. The van der Waals surface area contributed by atoms with E-state index in [1.165, 1.54) is 24.7 Å². The first-order chi connectivity index (χ1) is 24.9. The summed E-state index contributed by atoms with van der Waals surface area (Å²) in [5.74, 6) is -2.25. The average Bonchev–Trinajstić information content (AvgIpc) is 3.06. The maximum Gasteiger partial charge on any atom is 0.573 e. The molecule has 0 aliphatic heterocycles. The zero-order chi connectivity index (χ0) is 39.2. The van der Waals surface area contributed by atoms with Crippen molar-refractivity contribution in [3.63, 3.8) is 0 Å². The van der Waals surface area contributed by atoms with E-state index in [0.717, 1.165) is 35.0 Å². The van der Waals surface area contributed by atoms with Gasteiger partial charge in [0.25, 0.3) is 0 Å². The Kier molecular flexibility index (Phi) is 14.9. The molecule has 0 saturated heterocycles. The number of aryl methyl sites for hydroxylation is 2. The maximum absolute atomic E-state index is 12.7. The number of nitrogens with zero attached hydrogens (tertiary/aromatic N) is 4. The Labute approximate surface area is 307 Å². The Balaban J connectivity index is 1.63. The Morgan fingerprint density at radius 3 is 2.21 bits per heavy atom. The van der Waals surface area contributed by atoms with Gasteiger partial charge in [-0.25, -0.2) is 24.6 Å². The molecule has 14 nitrogen and oxygen atoms in total. The van der Waals surface area contributed by atoms with Crippen LogP contribution in [0.1, 0.15) is 43.0 Å². The molecule has 1 unspecified atom stereocenters. The van der Waals surface area contributed by atoms with Crippen LogP contribution >= 0.6 is 11.8 Å². The second kappa shape index (κ2) is 19.1. The van der Waals surface area contributed by atoms with Gasteiger partial charge in [-0.3, -0.25) is 10.2 Å². The molecule has 2 amide bonds. The van der Waals surface area contributed by atoms with Gasteiger partial charge in [0.15, 0.2) is 5.17 Å². The first-order valence-corrected chi connectivity index (χ1v) is 16.7. The second-order valence-corrected chi connectivity index (χ2v) is 13.0. The lowest BCUT2D eigenvalue weighted by molar-refractivity contribution is -0.274. The van der Waals surface area contributed by atoms with Crippen molar-refractivity contribution in [3.8, 4) is 5.75 Å². The van der Waals surface area contributed by atoms with Crippen LogP contribution in [0.4, 0.5) is 29.3 Å².